The van der Waals surface area contributed by atoms with Crippen LogP contribution in [0.15, 0.2) is 30.3 Å². The highest BCUT2D eigenvalue weighted by molar-refractivity contribution is 6.08. The monoisotopic (exact) mass is 333 g/mol. The quantitative estimate of drug-likeness (QED) is 0.665. The minimum absolute atomic E-state index is 0.204. The van der Waals surface area contributed by atoms with Crippen LogP contribution >= 0.6 is 0 Å². The molecule has 2 aromatic rings. The van der Waals surface area contributed by atoms with E-state index in [2.05, 4.69) is 10.6 Å². The van der Waals surface area contributed by atoms with Gasteiger partial charge in [0.15, 0.2) is 11.6 Å². The van der Waals surface area contributed by atoms with Crippen molar-refractivity contribution in [2.24, 2.45) is 0 Å². The molecule has 2 aromatic carbocycles. The first-order valence-electron chi connectivity index (χ1n) is 6.72. The molecule has 1 heterocycles. The van der Waals surface area contributed by atoms with Gasteiger partial charge in [0.1, 0.15) is 5.56 Å². The Morgan fingerprint density at radius 3 is 2.62 bits per heavy atom. The Bertz CT molecular complexity index is 899. The minimum Gasteiger partial charge on any atom is -0.348 e. The lowest BCUT2D eigenvalue weighted by atomic mass is 10.1. The van der Waals surface area contributed by atoms with E-state index in [4.69, 9.17) is 0 Å². The fourth-order valence-corrected chi connectivity index (χ4v) is 2.36. The van der Waals surface area contributed by atoms with E-state index in [1.54, 1.807) is 6.07 Å². The standard InChI is InChI=1S/C15H9F2N3O4/c16-11-4-10(13(20(23)24)5-12(11)17)15(22)19-8-2-1-7-6-18-14(21)9(7)3-8/h1-5H,6H2,(H,18,21)(H,19,22). The molecule has 3 rings (SSSR count). The Morgan fingerprint density at radius 1 is 1.21 bits per heavy atom. The number of hydrogen-bond acceptors (Lipinski definition) is 4. The highest BCUT2D eigenvalue weighted by atomic mass is 19.2. The molecule has 122 valence electrons. The van der Waals surface area contributed by atoms with Gasteiger partial charge in [0.25, 0.3) is 17.5 Å². The van der Waals surface area contributed by atoms with Crippen molar-refractivity contribution in [2.75, 3.05) is 5.32 Å². The molecule has 0 aliphatic carbocycles. The van der Waals surface area contributed by atoms with Crippen LogP contribution in [0.25, 0.3) is 0 Å². The Balaban J connectivity index is 1.94. The van der Waals surface area contributed by atoms with E-state index in [-0.39, 0.29) is 11.6 Å². The molecule has 1 aliphatic rings. The number of nitro groups is 1. The number of hydrogen-bond donors (Lipinski definition) is 2. The van der Waals surface area contributed by atoms with Gasteiger partial charge in [-0.2, -0.15) is 0 Å². The summed E-state index contributed by atoms with van der Waals surface area (Å²) < 4.78 is 26.5. The van der Waals surface area contributed by atoms with E-state index in [1.807, 2.05) is 0 Å². The van der Waals surface area contributed by atoms with Crippen molar-refractivity contribution < 1.29 is 23.3 Å². The van der Waals surface area contributed by atoms with E-state index in [0.717, 1.165) is 5.56 Å². The van der Waals surface area contributed by atoms with Crippen LogP contribution < -0.4 is 10.6 Å². The van der Waals surface area contributed by atoms with Gasteiger partial charge in [-0.25, -0.2) is 8.78 Å². The molecule has 7 nitrogen and oxygen atoms in total. The van der Waals surface area contributed by atoms with Crippen molar-refractivity contribution in [1.29, 1.82) is 0 Å². The number of halogens is 2. The number of fused-ring (bicyclic) bond motifs is 1. The van der Waals surface area contributed by atoms with Gasteiger partial charge in [-0.05, 0) is 23.8 Å². The molecule has 0 fully saturated rings. The summed E-state index contributed by atoms with van der Waals surface area (Å²) in [5, 5.41) is 15.9. The largest absolute Gasteiger partial charge is 0.348 e. The van der Waals surface area contributed by atoms with Crippen LogP contribution in [0.5, 0.6) is 0 Å². The van der Waals surface area contributed by atoms with Gasteiger partial charge in [-0.3, -0.25) is 19.7 Å². The molecule has 9 heteroatoms. The van der Waals surface area contributed by atoms with Crippen molar-refractivity contribution in [3.63, 3.8) is 0 Å². The summed E-state index contributed by atoms with van der Waals surface area (Å²) in [7, 11) is 0. The molecular formula is C15H9F2N3O4. The lowest BCUT2D eigenvalue weighted by molar-refractivity contribution is -0.385. The first-order chi connectivity index (χ1) is 11.4. The Labute approximate surface area is 133 Å². The fourth-order valence-electron chi connectivity index (χ4n) is 2.36. The third-order valence-corrected chi connectivity index (χ3v) is 3.53. The number of nitro benzene ring substituents is 1. The lowest BCUT2D eigenvalue weighted by Crippen LogP contribution is -2.15. The summed E-state index contributed by atoms with van der Waals surface area (Å²) in [5.41, 5.74) is -0.159. The second-order valence-corrected chi connectivity index (χ2v) is 5.05. The number of carbonyl (C=O) groups excluding carboxylic acids is 2. The smallest absolute Gasteiger partial charge is 0.285 e. The van der Waals surface area contributed by atoms with Crippen LogP contribution in [0, 0.1) is 21.7 Å². The molecule has 24 heavy (non-hydrogen) atoms. The minimum atomic E-state index is -1.42. The van der Waals surface area contributed by atoms with E-state index >= 15 is 0 Å². The number of nitrogens with one attached hydrogen (secondary N) is 2. The summed E-state index contributed by atoms with van der Waals surface area (Å²) in [5.74, 6) is -4.09. The molecule has 0 atom stereocenters. The molecule has 0 unspecified atom stereocenters. The van der Waals surface area contributed by atoms with Crippen molar-refractivity contribution in [1.82, 2.24) is 5.32 Å². The zero-order valence-electron chi connectivity index (χ0n) is 11.9. The summed E-state index contributed by atoms with van der Waals surface area (Å²) >= 11 is 0. The van der Waals surface area contributed by atoms with Crippen molar-refractivity contribution in [2.45, 2.75) is 6.54 Å². The van der Waals surface area contributed by atoms with Crippen molar-refractivity contribution in [3.8, 4) is 0 Å². The van der Waals surface area contributed by atoms with Crippen LogP contribution in [0.1, 0.15) is 26.3 Å². The second-order valence-electron chi connectivity index (χ2n) is 5.05. The average Bonchev–Trinajstić information content (AvgIpc) is 2.90. The zero-order chi connectivity index (χ0) is 17.4. The average molecular weight is 333 g/mol. The van der Waals surface area contributed by atoms with Crippen LogP contribution in [-0.2, 0) is 6.54 Å². The third kappa shape index (κ3) is 2.67. The van der Waals surface area contributed by atoms with Gasteiger partial charge >= 0.3 is 0 Å². The normalized spacial score (nSPS) is 12.5. The molecule has 0 radical (unpaired) electrons. The second kappa shape index (κ2) is 5.69. The van der Waals surface area contributed by atoms with Gasteiger partial charge in [0.2, 0.25) is 0 Å². The molecule has 1 aliphatic heterocycles. The first-order valence-corrected chi connectivity index (χ1v) is 6.72. The molecule has 0 bridgehead atoms. The Hall–Kier alpha value is -3.36. The maximum atomic E-state index is 13.3. The molecule has 0 saturated heterocycles. The summed E-state index contributed by atoms with van der Waals surface area (Å²) in [6, 6.07) is 5.33. The van der Waals surface area contributed by atoms with Gasteiger partial charge in [0, 0.05) is 17.8 Å². The van der Waals surface area contributed by atoms with Crippen LogP contribution in [0.4, 0.5) is 20.2 Å². The number of amides is 2. The molecule has 2 amide bonds. The topological polar surface area (TPSA) is 101 Å². The summed E-state index contributed by atoms with van der Waals surface area (Å²) in [6.07, 6.45) is 0. The number of carbonyl (C=O) groups is 2. The first kappa shape index (κ1) is 15.5. The zero-order valence-corrected chi connectivity index (χ0v) is 11.9. The maximum Gasteiger partial charge on any atom is 0.285 e. The van der Waals surface area contributed by atoms with Gasteiger partial charge < -0.3 is 10.6 Å². The fraction of sp³-hybridized carbons (Fsp3) is 0.0667. The van der Waals surface area contributed by atoms with Gasteiger partial charge in [-0.1, -0.05) is 6.07 Å². The van der Waals surface area contributed by atoms with E-state index in [0.29, 0.717) is 24.2 Å². The van der Waals surface area contributed by atoms with Gasteiger partial charge in [0.05, 0.1) is 11.0 Å². The highest BCUT2D eigenvalue weighted by Crippen LogP contribution is 2.25. The van der Waals surface area contributed by atoms with Crippen LogP contribution in [-0.4, -0.2) is 16.7 Å². The van der Waals surface area contributed by atoms with Crippen LogP contribution in [0.2, 0.25) is 0 Å². The molecular weight excluding hydrogens is 324 g/mol. The summed E-state index contributed by atoms with van der Waals surface area (Å²) in [4.78, 5) is 33.7. The molecule has 0 saturated carbocycles. The SMILES string of the molecule is O=C1NCc2ccc(NC(=O)c3cc(F)c(F)cc3[N+](=O)[O-])cc21. The van der Waals surface area contributed by atoms with Crippen LogP contribution in [0.3, 0.4) is 0 Å². The third-order valence-electron chi connectivity index (χ3n) is 3.53. The van der Waals surface area contributed by atoms with Crippen molar-refractivity contribution >= 4 is 23.2 Å². The Morgan fingerprint density at radius 2 is 1.92 bits per heavy atom. The van der Waals surface area contributed by atoms with Gasteiger partial charge in [-0.15, -0.1) is 0 Å². The highest BCUT2D eigenvalue weighted by Gasteiger charge is 2.25. The summed E-state index contributed by atoms with van der Waals surface area (Å²) in [6.45, 7) is 0.372. The molecule has 0 spiro atoms. The van der Waals surface area contributed by atoms with E-state index < -0.39 is 33.7 Å². The van der Waals surface area contributed by atoms with E-state index in [9.17, 15) is 28.5 Å². The van der Waals surface area contributed by atoms with Crippen molar-refractivity contribution in [3.05, 3.63) is 68.8 Å². The van der Waals surface area contributed by atoms with E-state index in [1.165, 1.54) is 12.1 Å². The number of nitrogens with zero attached hydrogens (tertiary/aromatic N) is 1. The predicted octanol–water partition coefficient (Wildman–Crippen LogP) is 2.37. The predicted molar refractivity (Wildman–Crippen MR) is 78.6 cm³/mol. The lowest BCUT2D eigenvalue weighted by Gasteiger charge is -2.07. The maximum absolute atomic E-state index is 13.3. The number of rotatable bonds is 3. The molecule has 2 N–H and O–H groups in total. The Kier molecular flexibility index (Phi) is 3.68. The number of benzene rings is 2. The molecule has 0 aromatic heterocycles. The number of anilines is 1.